The Kier molecular flexibility index (Phi) is 8.41. The molecule has 4 aromatic rings. The molecule has 1 aromatic heterocycles. The standard InChI is InChI=1S/C25H21Cl3N4O3S/c1-15-3-9-20(10-4-15)32-16(2)29-30-25(32)36-23(13-31(33)34)18-11-21(27)24(22(28)12-18)35-14-17-5-7-19(26)8-6-17/h3-12,23H,13-14H2,1-2H3/t23-/m1/s1. The summed E-state index contributed by atoms with van der Waals surface area (Å²) in [7, 11) is 0. The molecular weight excluding hydrogens is 543 g/mol. The number of aromatic nitrogens is 3. The number of aryl methyl sites for hydroxylation is 2. The molecule has 186 valence electrons. The van der Waals surface area contributed by atoms with Crippen molar-refractivity contribution in [2.24, 2.45) is 0 Å². The second-order valence-corrected chi connectivity index (χ2v) is 10.5. The van der Waals surface area contributed by atoms with E-state index in [0.29, 0.717) is 27.3 Å². The highest BCUT2D eigenvalue weighted by Gasteiger charge is 2.26. The van der Waals surface area contributed by atoms with Crippen LogP contribution in [0.2, 0.25) is 15.1 Å². The van der Waals surface area contributed by atoms with Crippen molar-refractivity contribution in [3.8, 4) is 11.4 Å². The van der Waals surface area contributed by atoms with Crippen LogP contribution in [0.25, 0.3) is 5.69 Å². The third-order valence-corrected chi connectivity index (χ3v) is 7.33. The summed E-state index contributed by atoms with van der Waals surface area (Å²) < 4.78 is 7.71. The Morgan fingerprint density at radius 2 is 1.64 bits per heavy atom. The highest BCUT2D eigenvalue weighted by atomic mass is 35.5. The van der Waals surface area contributed by atoms with Crippen molar-refractivity contribution in [3.05, 3.63) is 108 Å². The predicted octanol–water partition coefficient (Wildman–Crippen LogP) is 7.53. The number of nitro groups is 1. The quantitative estimate of drug-likeness (QED) is 0.119. The van der Waals surface area contributed by atoms with Crippen LogP contribution >= 0.6 is 46.6 Å². The molecule has 0 saturated carbocycles. The average Bonchev–Trinajstić information content (AvgIpc) is 3.19. The van der Waals surface area contributed by atoms with Crippen LogP contribution in [0.4, 0.5) is 0 Å². The molecule has 3 aromatic carbocycles. The van der Waals surface area contributed by atoms with Gasteiger partial charge in [0.05, 0.1) is 10.0 Å². The average molecular weight is 564 g/mol. The molecule has 0 spiro atoms. The van der Waals surface area contributed by atoms with Crippen molar-refractivity contribution >= 4 is 46.6 Å². The summed E-state index contributed by atoms with van der Waals surface area (Å²) in [6, 6.07) is 18.4. The third-order valence-electron chi connectivity index (χ3n) is 5.34. The van der Waals surface area contributed by atoms with Crippen molar-refractivity contribution in [1.82, 2.24) is 14.8 Å². The van der Waals surface area contributed by atoms with Gasteiger partial charge in [-0.1, -0.05) is 76.4 Å². The second-order valence-electron chi connectivity index (χ2n) is 8.05. The minimum absolute atomic E-state index is 0.238. The predicted molar refractivity (Wildman–Crippen MR) is 144 cm³/mol. The number of nitrogens with zero attached hydrogens (tertiary/aromatic N) is 4. The van der Waals surface area contributed by atoms with E-state index in [2.05, 4.69) is 10.2 Å². The maximum absolute atomic E-state index is 11.5. The molecule has 7 nitrogen and oxygen atoms in total. The van der Waals surface area contributed by atoms with Gasteiger partial charge in [-0.15, -0.1) is 10.2 Å². The van der Waals surface area contributed by atoms with Crippen LogP contribution < -0.4 is 4.74 Å². The fraction of sp³-hybridized carbons (Fsp3) is 0.200. The van der Waals surface area contributed by atoms with Crippen LogP contribution in [-0.2, 0) is 6.61 Å². The van der Waals surface area contributed by atoms with Crippen LogP contribution in [0, 0.1) is 24.0 Å². The van der Waals surface area contributed by atoms with E-state index >= 15 is 0 Å². The van der Waals surface area contributed by atoms with Crippen molar-refractivity contribution in [1.29, 1.82) is 0 Å². The molecule has 36 heavy (non-hydrogen) atoms. The molecule has 1 heterocycles. The van der Waals surface area contributed by atoms with E-state index in [4.69, 9.17) is 39.5 Å². The van der Waals surface area contributed by atoms with Gasteiger partial charge in [0.25, 0.3) is 0 Å². The zero-order chi connectivity index (χ0) is 25.8. The SMILES string of the molecule is Cc1ccc(-n2c(C)nnc2S[C@H](C[N+](=O)[O-])c2cc(Cl)c(OCc3ccc(Cl)cc3)c(Cl)c2)cc1. The molecule has 0 unspecified atom stereocenters. The Morgan fingerprint density at radius 1 is 1.00 bits per heavy atom. The molecule has 0 N–H and O–H groups in total. The van der Waals surface area contributed by atoms with E-state index < -0.39 is 5.25 Å². The fourth-order valence-electron chi connectivity index (χ4n) is 3.52. The van der Waals surface area contributed by atoms with Gasteiger partial charge in [0, 0.05) is 15.6 Å². The van der Waals surface area contributed by atoms with Crippen LogP contribution in [0.15, 0.2) is 65.8 Å². The van der Waals surface area contributed by atoms with Gasteiger partial charge in [-0.3, -0.25) is 14.7 Å². The van der Waals surface area contributed by atoms with Gasteiger partial charge < -0.3 is 4.74 Å². The number of benzene rings is 3. The summed E-state index contributed by atoms with van der Waals surface area (Å²) in [5.74, 6) is 0.976. The summed E-state index contributed by atoms with van der Waals surface area (Å²) in [6.45, 7) is 3.71. The molecule has 4 rings (SSSR count). The third kappa shape index (κ3) is 6.31. The summed E-state index contributed by atoms with van der Waals surface area (Å²) in [5.41, 5.74) is 3.46. The Bertz CT molecular complexity index is 1360. The maximum atomic E-state index is 11.5. The molecule has 0 saturated heterocycles. The highest BCUT2D eigenvalue weighted by molar-refractivity contribution is 7.99. The highest BCUT2D eigenvalue weighted by Crippen LogP contribution is 2.42. The van der Waals surface area contributed by atoms with E-state index in [1.165, 1.54) is 11.8 Å². The molecule has 0 bridgehead atoms. The number of thioether (sulfide) groups is 1. The first-order chi connectivity index (χ1) is 17.2. The minimum atomic E-state index is -0.617. The molecule has 0 amide bonds. The largest absolute Gasteiger partial charge is 0.486 e. The molecule has 11 heteroatoms. The van der Waals surface area contributed by atoms with Crippen molar-refractivity contribution < 1.29 is 9.66 Å². The van der Waals surface area contributed by atoms with Crippen LogP contribution in [0.5, 0.6) is 5.75 Å². The van der Waals surface area contributed by atoms with Crippen molar-refractivity contribution in [3.63, 3.8) is 0 Å². The molecule has 0 aliphatic carbocycles. The molecule has 0 fully saturated rings. The maximum Gasteiger partial charge on any atom is 0.220 e. The van der Waals surface area contributed by atoms with E-state index in [0.717, 1.165) is 16.8 Å². The molecule has 0 aliphatic rings. The van der Waals surface area contributed by atoms with Gasteiger partial charge in [-0.25, -0.2) is 0 Å². The monoisotopic (exact) mass is 562 g/mol. The summed E-state index contributed by atoms with van der Waals surface area (Å²) in [6.07, 6.45) is 0. The van der Waals surface area contributed by atoms with Gasteiger partial charge in [-0.05, 0) is 61.4 Å². The number of rotatable bonds is 9. The van der Waals surface area contributed by atoms with Gasteiger partial charge in [-0.2, -0.15) is 0 Å². The lowest BCUT2D eigenvalue weighted by atomic mass is 10.1. The Hall–Kier alpha value is -2.78. The van der Waals surface area contributed by atoms with Gasteiger partial charge in [0.1, 0.15) is 17.7 Å². The van der Waals surface area contributed by atoms with Crippen molar-refractivity contribution in [2.45, 2.75) is 30.9 Å². The summed E-state index contributed by atoms with van der Waals surface area (Å²) in [5, 5.41) is 21.1. The Labute approximate surface area is 227 Å². The topological polar surface area (TPSA) is 83.1 Å². The lowest BCUT2D eigenvalue weighted by Crippen LogP contribution is -2.11. The number of halogens is 3. The van der Waals surface area contributed by atoms with E-state index in [1.54, 1.807) is 24.3 Å². The number of hydrogen-bond donors (Lipinski definition) is 0. The number of hydrogen-bond acceptors (Lipinski definition) is 6. The first-order valence-electron chi connectivity index (χ1n) is 10.8. The lowest BCUT2D eigenvalue weighted by Gasteiger charge is -2.17. The van der Waals surface area contributed by atoms with Crippen LogP contribution in [0.3, 0.4) is 0 Å². The van der Waals surface area contributed by atoms with Gasteiger partial charge in [0.15, 0.2) is 10.9 Å². The Morgan fingerprint density at radius 3 is 2.25 bits per heavy atom. The Balaban J connectivity index is 1.61. The zero-order valence-electron chi connectivity index (χ0n) is 19.3. The van der Waals surface area contributed by atoms with E-state index in [-0.39, 0.29) is 28.1 Å². The van der Waals surface area contributed by atoms with Crippen LogP contribution in [0.1, 0.15) is 27.8 Å². The molecule has 1 atom stereocenters. The number of ether oxygens (including phenoxy) is 1. The minimum Gasteiger partial charge on any atom is -0.486 e. The fourth-order valence-corrected chi connectivity index (χ4v) is 5.42. The van der Waals surface area contributed by atoms with E-state index in [9.17, 15) is 10.1 Å². The normalized spacial score (nSPS) is 11.9. The lowest BCUT2D eigenvalue weighted by molar-refractivity contribution is -0.479. The van der Waals surface area contributed by atoms with E-state index in [1.807, 2.05) is 54.8 Å². The van der Waals surface area contributed by atoms with Gasteiger partial charge in [0.2, 0.25) is 6.54 Å². The smallest absolute Gasteiger partial charge is 0.220 e. The molecule has 0 radical (unpaired) electrons. The van der Waals surface area contributed by atoms with Crippen molar-refractivity contribution in [2.75, 3.05) is 6.54 Å². The first-order valence-corrected chi connectivity index (χ1v) is 12.9. The second kappa shape index (κ2) is 11.5. The zero-order valence-corrected chi connectivity index (χ0v) is 22.4. The first kappa shape index (κ1) is 26.3. The summed E-state index contributed by atoms with van der Waals surface area (Å²) >= 11 is 20.2. The van der Waals surface area contributed by atoms with Gasteiger partial charge >= 0.3 is 0 Å². The van der Waals surface area contributed by atoms with Crippen LogP contribution in [-0.4, -0.2) is 26.2 Å². The molecular formula is C25H21Cl3N4O3S. The molecule has 0 aliphatic heterocycles. The summed E-state index contributed by atoms with van der Waals surface area (Å²) in [4.78, 5) is 11.2.